The van der Waals surface area contributed by atoms with Crippen LogP contribution in [0.1, 0.15) is 24.1 Å². The van der Waals surface area contributed by atoms with Crippen LogP contribution in [-0.4, -0.2) is 25.0 Å². The van der Waals surface area contributed by atoms with Crippen molar-refractivity contribution in [3.63, 3.8) is 0 Å². The molecule has 25 heavy (non-hydrogen) atoms. The molecule has 1 heterocycles. The van der Waals surface area contributed by atoms with Gasteiger partial charge in [0, 0.05) is 29.6 Å². The number of hydrogen-bond donors (Lipinski definition) is 0. The summed E-state index contributed by atoms with van der Waals surface area (Å²) in [4.78, 5) is 14.2. The lowest BCUT2D eigenvalue weighted by Crippen LogP contribution is -2.31. The molecule has 0 fully saturated rings. The standard InChI is InChI=1S/C20H20FNO3/c1-13(16-6-4-5-7-18(16)21)22(2)20(23)10-14-12-25-19-11-15(24-3)8-9-17(14)19/h4-9,11-13H,10H2,1-3H3. The van der Waals surface area contributed by atoms with E-state index in [9.17, 15) is 9.18 Å². The fourth-order valence-corrected chi connectivity index (χ4v) is 2.85. The van der Waals surface area contributed by atoms with Crippen LogP contribution >= 0.6 is 0 Å². The molecule has 0 spiro atoms. The summed E-state index contributed by atoms with van der Waals surface area (Å²) in [6, 6.07) is 11.6. The number of methoxy groups -OCH3 is 1. The van der Waals surface area contributed by atoms with Crippen molar-refractivity contribution < 1.29 is 18.3 Å². The Morgan fingerprint density at radius 2 is 2.04 bits per heavy atom. The zero-order valence-corrected chi connectivity index (χ0v) is 14.5. The second-order valence-electron chi connectivity index (χ2n) is 6.00. The zero-order valence-electron chi connectivity index (χ0n) is 14.5. The Hall–Kier alpha value is -2.82. The van der Waals surface area contributed by atoms with Gasteiger partial charge in [-0.2, -0.15) is 0 Å². The lowest BCUT2D eigenvalue weighted by molar-refractivity contribution is -0.131. The minimum atomic E-state index is -0.355. The van der Waals surface area contributed by atoms with Gasteiger partial charge in [-0.15, -0.1) is 0 Å². The van der Waals surface area contributed by atoms with Gasteiger partial charge in [0.25, 0.3) is 0 Å². The number of furan rings is 1. The average molecular weight is 341 g/mol. The van der Waals surface area contributed by atoms with Gasteiger partial charge in [-0.05, 0) is 25.1 Å². The fourth-order valence-electron chi connectivity index (χ4n) is 2.85. The van der Waals surface area contributed by atoms with E-state index in [4.69, 9.17) is 9.15 Å². The minimum Gasteiger partial charge on any atom is -0.497 e. The smallest absolute Gasteiger partial charge is 0.227 e. The van der Waals surface area contributed by atoms with Gasteiger partial charge in [0.15, 0.2) is 0 Å². The number of hydrogen-bond acceptors (Lipinski definition) is 3. The molecule has 0 bridgehead atoms. The van der Waals surface area contributed by atoms with Gasteiger partial charge in [-0.3, -0.25) is 4.79 Å². The predicted molar refractivity (Wildman–Crippen MR) is 94.1 cm³/mol. The normalized spacial score (nSPS) is 12.2. The van der Waals surface area contributed by atoms with Gasteiger partial charge in [0.1, 0.15) is 17.1 Å². The Bertz CT molecular complexity index is 903. The Balaban J connectivity index is 1.79. The monoisotopic (exact) mass is 341 g/mol. The Labute approximate surface area is 145 Å². The van der Waals surface area contributed by atoms with E-state index >= 15 is 0 Å². The molecule has 1 unspecified atom stereocenters. The van der Waals surface area contributed by atoms with Gasteiger partial charge in [0.2, 0.25) is 5.91 Å². The average Bonchev–Trinajstić information content (AvgIpc) is 3.02. The summed E-state index contributed by atoms with van der Waals surface area (Å²) in [6.07, 6.45) is 1.78. The minimum absolute atomic E-state index is 0.103. The molecular formula is C20H20FNO3. The number of benzene rings is 2. The van der Waals surface area contributed by atoms with E-state index in [0.717, 1.165) is 10.9 Å². The van der Waals surface area contributed by atoms with E-state index in [1.807, 2.05) is 19.1 Å². The highest BCUT2D eigenvalue weighted by atomic mass is 19.1. The van der Waals surface area contributed by atoms with Crippen LogP contribution in [0.25, 0.3) is 11.0 Å². The number of carbonyl (C=O) groups excluding carboxylic acids is 1. The lowest BCUT2D eigenvalue weighted by Gasteiger charge is -2.25. The number of likely N-dealkylation sites (N-methyl/N-ethyl adjacent to an activating group) is 1. The van der Waals surface area contributed by atoms with E-state index in [2.05, 4.69) is 0 Å². The van der Waals surface area contributed by atoms with Crippen molar-refractivity contribution in [1.82, 2.24) is 4.90 Å². The third kappa shape index (κ3) is 3.36. The molecule has 1 aromatic heterocycles. The zero-order chi connectivity index (χ0) is 18.0. The topological polar surface area (TPSA) is 42.7 Å². The summed E-state index contributed by atoms with van der Waals surface area (Å²) >= 11 is 0. The summed E-state index contributed by atoms with van der Waals surface area (Å²) in [5, 5.41) is 0.876. The molecule has 5 heteroatoms. The van der Waals surface area contributed by atoms with Gasteiger partial charge < -0.3 is 14.1 Å². The summed E-state index contributed by atoms with van der Waals surface area (Å²) in [5.41, 5.74) is 1.97. The van der Waals surface area contributed by atoms with Gasteiger partial charge in [-0.25, -0.2) is 4.39 Å². The molecule has 3 aromatic rings. The van der Waals surface area contributed by atoms with E-state index in [1.165, 1.54) is 6.07 Å². The lowest BCUT2D eigenvalue weighted by atomic mass is 10.0. The van der Waals surface area contributed by atoms with Crippen molar-refractivity contribution >= 4 is 16.9 Å². The highest BCUT2D eigenvalue weighted by Crippen LogP contribution is 2.27. The summed E-state index contributed by atoms with van der Waals surface area (Å²) in [6.45, 7) is 1.81. The first-order valence-corrected chi connectivity index (χ1v) is 8.05. The molecule has 0 saturated carbocycles. The van der Waals surface area contributed by atoms with Crippen LogP contribution in [0.5, 0.6) is 5.75 Å². The largest absolute Gasteiger partial charge is 0.497 e. The summed E-state index contributed by atoms with van der Waals surface area (Å²) in [5.74, 6) is 0.287. The quantitative estimate of drug-likeness (QED) is 0.693. The van der Waals surface area contributed by atoms with Crippen LogP contribution in [-0.2, 0) is 11.2 Å². The van der Waals surface area contributed by atoms with Crippen LogP contribution in [0.15, 0.2) is 53.1 Å². The molecule has 0 aliphatic heterocycles. The number of fused-ring (bicyclic) bond motifs is 1. The van der Waals surface area contributed by atoms with Crippen LogP contribution in [0.4, 0.5) is 4.39 Å². The van der Waals surface area contributed by atoms with E-state index in [1.54, 1.807) is 49.6 Å². The van der Waals surface area contributed by atoms with E-state index in [0.29, 0.717) is 16.9 Å². The van der Waals surface area contributed by atoms with Crippen molar-refractivity contribution in [3.8, 4) is 5.75 Å². The molecule has 0 aliphatic rings. The first-order valence-electron chi connectivity index (χ1n) is 8.05. The number of carbonyl (C=O) groups is 1. The highest BCUT2D eigenvalue weighted by Gasteiger charge is 2.21. The molecule has 4 nitrogen and oxygen atoms in total. The van der Waals surface area contributed by atoms with Gasteiger partial charge in [0.05, 0.1) is 25.8 Å². The molecular weight excluding hydrogens is 321 g/mol. The maximum absolute atomic E-state index is 14.0. The van der Waals surface area contributed by atoms with Crippen molar-refractivity contribution in [3.05, 3.63) is 65.7 Å². The second-order valence-corrected chi connectivity index (χ2v) is 6.00. The van der Waals surface area contributed by atoms with Crippen LogP contribution < -0.4 is 4.74 Å². The number of amides is 1. The Morgan fingerprint density at radius 3 is 2.76 bits per heavy atom. The molecule has 0 saturated heterocycles. The molecule has 2 aromatic carbocycles. The maximum Gasteiger partial charge on any atom is 0.227 e. The predicted octanol–water partition coefficient (Wildman–Crippen LogP) is 4.34. The van der Waals surface area contributed by atoms with E-state index in [-0.39, 0.29) is 24.2 Å². The molecule has 0 N–H and O–H groups in total. The Morgan fingerprint density at radius 1 is 1.28 bits per heavy atom. The number of ether oxygens (including phenoxy) is 1. The first-order chi connectivity index (χ1) is 12.0. The Kier molecular flexibility index (Phi) is 4.74. The van der Waals surface area contributed by atoms with Gasteiger partial charge in [-0.1, -0.05) is 18.2 Å². The molecule has 3 rings (SSSR count). The molecule has 0 radical (unpaired) electrons. The second kappa shape index (κ2) is 6.97. The van der Waals surface area contributed by atoms with E-state index < -0.39 is 0 Å². The van der Waals surface area contributed by atoms with Crippen molar-refractivity contribution in [2.24, 2.45) is 0 Å². The summed E-state index contributed by atoms with van der Waals surface area (Å²) in [7, 11) is 3.28. The first kappa shape index (κ1) is 17.0. The number of nitrogens with zero attached hydrogens (tertiary/aromatic N) is 1. The molecule has 1 atom stereocenters. The maximum atomic E-state index is 14.0. The third-order valence-electron chi connectivity index (χ3n) is 4.53. The molecule has 1 amide bonds. The van der Waals surface area contributed by atoms with Crippen LogP contribution in [0, 0.1) is 5.82 Å². The molecule has 130 valence electrons. The number of rotatable bonds is 5. The van der Waals surface area contributed by atoms with Crippen LogP contribution in [0.3, 0.4) is 0 Å². The number of halogens is 1. The van der Waals surface area contributed by atoms with Crippen molar-refractivity contribution in [2.75, 3.05) is 14.2 Å². The highest BCUT2D eigenvalue weighted by molar-refractivity contribution is 5.88. The van der Waals surface area contributed by atoms with Crippen LogP contribution in [0.2, 0.25) is 0 Å². The summed E-state index contributed by atoms with van der Waals surface area (Å²) < 4.78 is 24.7. The third-order valence-corrected chi connectivity index (χ3v) is 4.53. The van der Waals surface area contributed by atoms with Crippen molar-refractivity contribution in [1.29, 1.82) is 0 Å². The van der Waals surface area contributed by atoms with Gasteiger partial charge >= 0.3 is 0 Å². The molecule has 0 aliphatic carbocycles. The SMILES string of the molecule is COc1ccc2c(CC(=O)N(C)C(C)c3ccccc3F)coc2c1. The van der Waals surface area contributed by atoms with Crippen molar-refractivity contribution in [2.45, 2.75) is 19.4 Å². The fraction of sp³-hybridized carbons (Fsp3) is 0.250.